The van der Waals surface area contributed by atoms with Gasteiger partial charge in [0.2, 0.25) is 0 Å². The first-order valence-electron chi connectivity index (χ1n) is 8.68. The van der Waals surface area contributed by atoms with Crippen LogP contribution in [-0.2, 0) is 0 Å². The number of carbonyl (C=O) groups is 1. The van der Waals surface area contributed by atoms with E-state index >= 15 is 0 Å². The van der Waals surface area contributed by atoms with Crippen LogP contribution >= 0.6 is 11.6 Å². The highest BCUT2D eigenvalue weighted by Crippen LogP contribution is 2.18. The average Bonchev–Trinajstić information content (AvgIpc) is 2.73. The normalized spacial score (nSPS) is 10.2. The van der Waals surface area contributed by atoms with Crippen molar-refractivity contribution < 1.29 is 14.3 Å². The summed E-state index contributed by atoms with van der Waals surface area (Å²) in [6, 6.07) is 17.8. The zero-order valence-corrected chi connectivity index (χ0v) is 16.1. The van der Waals surface area contributed by atoms with Crippen molar-refractivity contribution in [1.82, 2.24) is 4.98 Å². The number of nitrogens with zero attached hydrogens (tertiary/aromatic N) is 1. The molecule has 1 aromatic heterocycles. The van der Waals surface area contributed by atoms with Crippen molar-refractivity contribution in [3.8, 4) is 11.5 Å². The first-order valence-corrected chi connectivity index (χ1v) is 9.06. The molecule has 0 fully saturated rings. The van der Waals surface area contributed by atoms with Gasteiger partial charge in [0.15, 0.2) is 0 Å². The number of benzene rings is 2. The van der Waals surface area contributed by atoms with Crippen molar-refractivity contribution in [2.75, 3.05) is 30.9 Å². The maximum Gasteiger partial charge on any atom is 0.258 e. The summed E-state index contributed by atoms with van der Waals surface area (Å²) in [7, 11) is 1.63. The smallest absolute Gasteiger partial charge is 0.258 e. The van der Waals surface area contributed by atoms with E-state index in [1.807, 2.05) is 30.3 Å². The van der Waals surface area contributed by atoms with Gasteiger partial charge in [-0.15, -0.1) is 0 Å². The number of anilines is 2. The number of ether oxygens (including phenoxy) is 2. The molecule has 2 aromatic carbocycles. The lowest BCUT2D eigenvalue weighted by atomic mass is 10.2. The van der Waals surface area contributed by atoms with E-state index in [9.17, 15) is 4.79 Å². The minimum absolute atomic E-state index is 0.299. The van der Waals surface area contributed by atoms with Crippen molar-refractivity contribution in [3.63, 3.8) is 0 Å². The van der Waals surface area contributed by atoms with E-state index in [0.29, 0.717) is 29.6 Å². The molecule has 1 amide bonds. The SMILES string of the molecule is COc1ccc(OCCNc2ccc(NC(=O)c3ccccc3Cl)nc2)cc1. The third kappa shape index (κ3) is 5.37. The van der Waals surface area contributed by atoms with Crippen molar-refractivity contribution in [2.45, 2.75) is 0 Å². The van der Waals surface area contributed by atoms with Crippen LogP contribution < -0.4 is 20.1 Å². The second-order valence-corrected chi connectivity index (χ2v) is 6.22. The lowest BCUT2D eigenvalue weighted by Crippen LogP contribution is -2.14. The molecule has 0 bridgehead atoms. The first-order chi connectivity index (χ1) is 13.7. The molecule has 0 aliphatic heterocycles. The highest BCUT2D eigenvalue weighted by Gasteiger charge is 2.10. The number of carbonyl (C=O) groups excluding carboxylic acids is 1. The van der Waals surface area contributed by atoms with Crippen LogP contribution in [-0.4, -0.2) is 31.2 Å². The summed E-state index contributed by atoms with van der Waals surface area (Å²) in [6.45, 7) is 1.11. The quantitative estimate of drug-likeness (QED) is 0.548. The highest BCUT2D eigenvalue weighted by molar-refractivity contribution is 6.34. The van der Waals surface area contributed by atoms with Gasteiger partial charge in [0.25, 0.3) is 5.91 Å². The van der Waals surface area contributed by atoms with Crippen LogP contribution in [0.5, 0.6) is 11.5 Å². The third-order valence-corrected chi connectivity index (χ3v) is 4.21. The molecule has 3 aromatic rings. The Balaban J connectivity index is 1.45. The van der Waals surface area contributed by atoms with Crippen molar-refractivity contribution in [1.29, 1.82) is 0 Å². The van der Waals surface area contributed by atoms with Gasteiger partial charge >= 0.3 is 0 Å². The summed E-state index contributed by atoms with van der Waals surface area (Å²) in [5.74, 6) is 1.72. The van der Waals surface area contributed by atoms with E-state index in [4.69, 9.17) is 21.1 Å². The molecule has 0 unspecified atom stereocenters. The fraction of sp³-hybridized carbons (Fsp3) is 0.143. The van der Waals surface area contributed by atoms with Crippen LogP contribution in [0.2, 0.25) is 5.02 Å². The van der Waals surface area contributed by atoms with E-state index < -0.39 is 0 Å². The molecule has 2 N–H and O–H groups in total. The molecule has 28 heavy (non-hydrogen) atoms. The first kappa shape index (κ1) is 19.5. The number of nitrogens with one attached hydrogen (secondary N) is 2. The van der Waals surface area contributed by atoms with Crippen molar-refractivity contribution in [2.24, 2.45) is 0 Å². The predicted octanol–water partition coefficient (Wildman–Crippen LogP) is 4.49. The van der Waals surface area contributed by atoms with Gasteiger partial charge in [0, 0.05) is 6.54 Å². The molecule has 0 aliphatic rings. The van der Waals surface area contributed by atoms with E-state index in [0.717, 1.165) is 17.2 Å². The van der Waals surface area contributed by atoms with E-state index in [1.54, 1.807) is 43.6 Å². The van der Waals surface area contributed by atoms with Gasteiger partial charge in [0.1, 0.15) is 23.9 Å². The van der Waals surface area contributed by atoms with Crippen molar-refractivity contribution in [3.05, 3.63) is 77.4 Å². The number of methoxy groups -OCH3 is 1. The standard InChI is InChI=1S/C21H20ClN3O3/c1-27-16-7-9-17(10-8-16)28-13-12-23-15-6-11-20(24-14-15)25-21(26)18-4-2-3-5-19(18)22/h2-11,14,23H,12-13H2,1H3,(H,24,25,26). The molecule has 6 nitrogen and oxygen atoms in total. The number of pyridine rings is 1. The molecule has 0 atom stereocenters. The molecule has 0 saturated heterocycles. The molecular weight excluding hydrogens is 378 g/mol. The Hall–Kier alpha value is -3.25. The van der Waals surface area contributed by atoms with Crippen LogP contribution in [0.4, 0.5) is 11.5 Å². The third-order valence-electron chi connectivity index (χ3n) is 3.88. The van der Waals surface area contributed by atoms with Gasteiger partial charge < -0.3 is 20.1 Å². The van der Waals surface area contributed by atoms with Crippen LogP contribution in [0.15, 0.2) is 66.9 Å². The summed E-state index contributed by atoms with van der Waals surface area (Å²) in [4.78, 5) is 16.5. The van der Waals surface area contributed by atoms with Gasteiger partial charge in [0.05, 0.1) is 29.6 Å². The lowest BCUT2D eigenvalue weighted by Gasteiger charge is -2.10. The topological polar surface area (TPSA) is 72.5 Å². The Morgan fingerprint density at radius 2 is 1.79 bits per heavy atom. The van der Waals surface area contributed by atoms with E-state index in [-0.39, 0.29) is 5.91 Å². The Morgan fingerprint density at radius 1 is 1.04 bits per heavy atom. The number of amides is 1. The molecule has 0 saturated carbocycles. The fourth-order valence-electron chi connectivity index (χ4n) is 2.44. The van der Waals surface area contributed by atoms with Crippen LogP contribution in [0.3, 0.4) is 0 Å². The maximum atomic E-state index is 12.2. The second-order valence-electron chi connectivity index (χ2n) is 5.82. The molecule has 0 radical (unpaired) electrons. The largest absolute Gasteiger partial charge is 0.497 e. The summed E-state index contributed by atoms with van der Waals surface area (Å²) in [5, 5.41) is 6.34. The highest BCUT2D eigenvalue weighted by atomic mass is 35.5. The number of hydrogen-bond acceptors (Lipinski definition) is 5. The van der Waals surface area contributed by atoms with Crippen LogP contribution in [0, 0.1) is 0 Å². The fourth-order valence-corrected chi connectivity index (χ4v) is 2.66. The summed E-state index contributed by atoms with van der Waals surface area (Å²) in [5.41, 5.74) is 1.23. The van der Waals surface area contributed by atoms with Crippen LogP contribution in [0.1, 0.15) is 10.4 Å². The van der Waals surface area contributed by atoms with Crippen LogP contribution in [0.25, 0.3) is 0 Å². The van der Waals surface area contributed by atoms with Gasteiger partial charge in [-0.05, 0) is 48.5 Å². The monoisotopic (exact) mass is 397 g/mol. The maximum absolute atomic E-state index is 12.2. The van der Waals surface area contributed by atoms with Gasteiger partial charge in [-0.1, -0.05) is 23.7 Å². The minimum Gasteiger partial charge on any atom is -0.497 e. The van der Waals surface area contributed by atoms with Gasteiger partial charge in [-0.25, -0.2) is 4.98 Å². The number of aromatic nitrogens is 1. The number of hydrogen-bond donors (Lipinski definition) is 2. The molecule has 7 heteroatoms. The Bertz CT molecular complexity index is 915. The van der Waals surface area contributed by atoms with E-state index in [2.05, 4.69) is 15.6 Å². The lowest BCUT2D eigenvalue weighted by molar-refractivity contribution is 0.102. The Morgan fingerprint density at radius 3 is 2.46 bits per heavy atom. The number of rotatable bonds is 8. The van der Waals surface area contributed by atoms with Gasteiger partial charge in [-0.2, -0.15) is 0 Å². The zero-order valence-electron chi connectivity index (χ0n) is 15.3. The predicted molar refractivity (Wildman–Crippen MR) is 111 cm³/mol. The molecule has 1 heterocycles. The second kappa shape index (κ2) is 9.62. The Kier molecular flexibility index (Phi) is 6.70. The molecule has 144 valence electrons. The molecule has 0 spiro atoms. The summed E-state index contributed by atoms with van der Waals surface area (Å²) < 4.78 is 10.8. The molecular formula is C21H20ClN3O3. The number of halogens is 1. The Labute approximate surface area is 168 Å². The van der Waals surface area contributed by atoms with Gasteiger partial charge in [-0.3, -0.25) is 4.79 Å². The minimum atomic E-state index is -0.299. The zero-order chi connectivity index (χ0) is 19.8. The van der Waals surface area contributed by atoms with Crippen molar-refractivity contribution >= 4 is 29.0 Å². The van der Waals surface area contributed by atoms with E-state index in [1.165, 1.54) is 0 Å². The summed E-state index contributed by atoms with van der Waals surface area (Å²) in [6.07, 6.45) is 1.65. The molecule has 3 rings (SSSR count). The summed E-state index contributed by atoms with van der Waals surface area (Å²) >= 11 is 6.03. The molecule has 0 aliphatic carbocycles. The average molecular weight is 398 g/mol.